The van der Waals surface area contributed by atoms with E-state index in [1.807, 2.05) is 37.3 Å². The van der Waals surface area contributed by atoms with Gasteiger partial charge < -0.3 is 10.6 Å². The van der Waals surface area contributed by atoms with Gasteiger partial charge in [0.15, 0.2) is 17.5 Å². The molecule has 2 N–H and O–H groups in total. The van der Waals surface area contributed by atoms with Gasteiger partial charge in [0, 0.05) is 29.9 Å². The lowest BCUT2D eigenvalue weighted by Gasteiger charge is -2.23. The summed E-state index contributed by atoms with van der Waals surface area (Å²) < 4.78 is 14.9. The summed E-state index contributed by atoms with van der Waals surface area (Å²) in [6, 6.07) is 18.5. The molecule has 9 heteroatoms. The zero-order valence-electron chi connectivity index (χ0n) is 19.3. The van der Waals surface area contributed by atoms with Gasteiger partial charge in [0.25, 0.3) is 11.8 Å². The summed E-state index contributed by atoms with van der Waals surface area (Å²) in [6.45, 7) is 1.91. The van der Waals surface area contributed by atoms with Gasteiger partial charge in [0.2, 0.25) is 0 Å². The lowest BCUT2D eigenvalue weighted by atomic mass is 10.1. The van der Waals surface area contributed by atoms with Gasteiger partial charge in [0.1, 0.15) is 6.07 Å². The Balaban J connectivity index is 1.39. The summed E-state index contributed by atoms with van der Waals surface area (Å²) in [5, 5.41) is 16.5. The molecule has 1 aliphatic rings. The number of pyridine rings is 2. The highest BCUT2D eigenvalue weighted by Gasteiger charge is 2.36. The second-order valence-corrected chi connectivity index (χ2v) is 8.38. The predicted octanol–water partition coefficient (Wildman–Crippen LogP) is 4.87. The second-order valence-electron chi connectivity index (χ2n) is 8.38. The lowest BCUT2D eigenvalue weighted by molar-refractivity contribution is 0.0647. The fraction of sp³-hybridized carbons (Fsp3) is 0.148. The molecule has 0 bridgehead atoms. The number of halogens is 1. The van der Waals surface area contributed by atoms with E-state index in [0.717, 1.165) is 21.9 Å². The van der Waals surface area contributed by atoms with Gasteiger partial charge in [-0.05, 0) is 48.9 Å². The third kappa shape index (κ3) is 4.20. The van der Waals surface area contributed by atoms with Crippen LogP contribution in [0.5, 0.6) is 0 Å². The third-order valence-corrected chi connectivity index (χ3v) is 6.08. The van der Waals surface area contributed by atoms with E-state index in [1.54, 1.807) is 36.5 Å². The molecule has 4 aromatic rings. The molecule has 2 amide bonds. The summed E-state index contributed by atoms with van der Waals surface area (Å²) in [6.07, 6.45) is 2.20. The molecule has 2 aromatic carbocycles. The smallest absolute Gasteiger partial charge is 0.261 e. The van der Waals surface area contributed by atoms with Crippen molar-refractivity contribution in [1.82, 2.24) is 14.9 Å². The van der Waals surface area contributed by atoms with Crippen LogP contribution >= 0.6 is 0 Å². The van der Waals surface area contributed by atoms with Gasteiger partial charge in [-0.25, -0.2) is 9.37 Å². The Hall–Kier alpha value is -4.84. The molecule has 0 fully saturated rings. The van der Waals surface area contributed by atoms with Gasteiger partial charge in [0.05, 0.1) is 22.2 Å². The first-order valence-electron chi connectivity index (χ1n) is 11.4. The van der Waals surface area contributed by atoms with Crippen molar-refractivity contribution in [2.45, 2.75) is 19.4 Å². The van der Waals surface area contributed by atoms with Crippen molar-refractivity contribution in [2.75, 3.05) is 17.2 Å². The Morgan fingerprint density at radius 1 is 1.03 bits per heavy atom. The van der Waals surface area contributed by atoms with Gasteiger partial charge in [-0.15, -0.1) is 0 Å². The summed E-state index contributed by atoms with van der Waals surface area (Å²) in [4.78, 5) is 35.3. The van der Waals surface area contributed by atoms with Crippen molar-refractivity contribution < 1.29 is 14.0 Å². The van der Waals surface area contributed by atoms with E-state index in [0.29, 0.717) is 23.2 Å². The first kappa shape index (κ1) is 22.9. The number of imide groups is 1. The maximum Gasteiger partial charge on any atom is 0.261 e. The van der Waals surface area contributed by atoms with E-state index in [2.05, 4.69) is 20.6 Å². The molecular weight excluding hydrogens is 459 g/mol. The number of fused-ring (bicyclic) bond motifs is 2. The molecule has 5 rings (SSSR count). The first-order valence-corrected chi connectivity index (χ1v) is 11.4. The molecule has 0 radical (unpaired) electrons. The molecule has 0 saturated carbocycles. The van der Waals surface area contributed by atoms with E-state index < -0.39 is 11.9 Å². The Bertz CT molecular complexity index is 1510. The zero-order valence-corrected chi connectivity index (χ0v) is 19.3. The number of benzene rings is 2. The molecule has 36 heavy (non-hydrogen) atoms. The quantitative estimate of drug-likeness (QED) is 0.363. The molecule has 2 aromatic heterocycles. The Kier molecular flexibility index (Phi) is 6.00. The summed E-state index contributed by atoms with van der Waals surface area (Å²) in [5.41, 5.74) is 2.24. The Morgan fingerprint density at radius 2 is 1.78 bits per heavy atom. The van der Waals surface area contributed by atoms with Crippen molar-refractivity contribution >= 4 is 40.0 Å². The first-order chi connectivity index (χ1) is 17.5. The number of nitrogens with zero attached hydrogens (tertiary/aromatic N) is 4. The van der Waals surface area contributed by atoms with E-state index in [-0.39, 0.29) is 35.6 Å². The minimum absolute atomic E-state index is 0.0396. The van der Waals surface area contributed by atoms with E-state index in [1.165, 1.54) is 0 Å². The van der Waals surface area contributed by atoms with Gasteiger partial charge in [-0.3, -0.25) is 19.5 Å². The van der Waals surface area contributed by atoms with E-state index in [9.17, 15) is 19.2 Å². The molecular formula is C27H21FN6O2. The minimum Gasteiger partial charge on any atom is -0.363 e. The van der Waals surface area contributed by atoms with Crippen LogP contribution in [0, 0.1) is 17.1 Å². The number of carbonyl (C=O) groups is 2. The highest BCUT2D eigenvalue weighted by molar-refractivity contribution is 6.21. The van der Waals surface area contributed by atoms with Crippen molar-refractivity contribution in [2.24, 2.45) is 0 Å². The van der Waals surface area contributed by atoms with E-state index in [4.69, 9.17) is 0 Å². The maximum absolute atomic E-state index is 14.9. The van der Waals surface area contributed by atoms with Crippen molar-refractivity contribution in [3.8, 4) is 6.07 Å². The second kappa shape index (κ2) is 9.43. The number of hydrogen-bond acceptors (Lipinski definition) is 7. The van der Waals surface area contributed by atoms with Crippen LogP contribution in [-0.2, 0) is 0 Å². The lowest BCUT2D eigenvalue weighted by Crippen LogP contribution is -2.40. The SMILES string of the molecule is CCC(CN1C(=O)c2ccccc2C1=O)Nc1nc(Nc2ccc3ncccc3c2)c(C#N)cc1F. The van der Waals surface area contributed by atoms with Crippen LogP contribution < -0.4 is 10.6 Å². The molecule has 1 unspecified atom stereocenters. The number of amides is 2. The maximum atomic E-state index is 14.9. The molecule has 8 nitrogen and oxygen atoms in total. The predicted molar refractivity (Wildman–Crippen MR) is 133 cm³/mol. The van der Waals surface area contributed by atoms with Crippen LogP contribution in [0.3, 0.4) is 0 Å². The number of nitriles is 1. The standard InChI is InChI=1S/C27H21FN6O2/c1-2-18(15-34-26(35)20-7-3-4-8-21(20)27(34)36)31-25-22(28)13-17(14-29)24(33-25)32-19-9-10-23-16(12-19)6-5-11-30-23/h3-13,18H,2,15H2,1H3,(H2,31,32,33). The molecule has 1 atom stereocenters. The molecule has 0 spiro atoms. The monoisotopic (exact) mass is 480 g/mol. The summed E-state index contributed by atoms with van der Waals surface area (Å²) in [5.74, 6) is -1.36. The molecule has 178 valence electrons. The average molecular weight is 481 g/mol. The fourth-order valence-electron chi connectivity index (χ4n) is 4.16. The number of aromatic nitrogens is 2. The minimum atomic E-state index is -0.708. The molecule has 0 saturated heterocycles. The molecule has 0 aliphatic carbocycles. The Morgan fingerprint density at radius 3 is 2.47 bits per heavy atom. The van der Waals surface area contributed by atoms with Crippen LogP contribution in [-0.4, -0.2) is 39.3 Å². The van der Waals surface area contributed by atoms with Crippen molar-refractivity contribution in [3.05, 3.63) is 89.4 Å². The van der Waals surface area contributed by atoms with Crippen molar-refractivity contribution in [1.29, 1.82) is 5.26 Å². The van der Waals surface area contributed by atoms with Crippen LogP contribution in [0.4, 0.5) is 21.7 Å². The number of carbonyl (C=O) groups excluding carboxylic acids is 2. The highest BCUT2D eigenvalue weighted by Crippen LogP contribution is 2.27. The number of nitrogens with one attached hydrogen (secondary N) is 2. The van der Waals surface area contributed by atoms with Crippen molar-refractivity contribution in [3.63, 3.8) is 0 Å². The van der Waals surface area contributed by atoms with Gasteiger partial charge in [-0.1, -0.05) is 25.1 Å². The molecule has 3 heterocycles. The fourth-order valence-corrected chi connectivity index (χ4v) is 4.16. The average Bonchev–Trinajstić information content (AvgIpc) is 3.14. The topological polar surface area (TPSA) is 111 Å². The molecule has 1 aliphatic heterocycles. The highest BCUT2D eigenvalue weighted by atomic mass is 19.1. The van der Waals surface area contributed by atoms with Crippen LogP contribution in [0.25, 0.3) is 10.9 Å². The van der Waals surface area contributed by atoms with E-state index >= 15 is 0 Å². The summed E-state index contributed by atoms with van der Waals surface area (Å²) in [7, 11) is 0. The largest absolute Gasteiger partial charge is 0.363 e. The summed E-state index contributed by atoms with van der Waals surface area (Å²) >= 11 is 0. The number of hydrogen-bond donors (Lipinski definition) is 2. The third-order valence-electron chi connectivity index (χ3n) is 6.08. The van der Waals surface area contributed by atoms with Crippen LogP contribution in [0.15, 0.2) is 66.9 Å². The number of anilines is 3. The Labute approximate surface area is 206 Å². The normalized spacial score (nSPS) is 13.4. The van der Waals surface area contributed by atoms with Crippen LogP contribution in [0.1, 0.15) is 39.6 Å². The number of rotatable bonds is 7. The zero-order chi connectivity index (χ0) is 25.2. The van der Waals surface area contributed by atoms with Crippen LogP contribution in [0.2, 0.25) is 0 Å². The van der Waals surface area contributed by atoms with Gasteiger partial charge in [-0.2, -0.15) is 5.26 Å². The van der Waals surface area contributed by atoms with Gasteiger partial charge >= 0.3 is 0 Å².